The average molecular weight is 285 g/mol. The highest BCUT2D eigenvalue weighted by atomic mass is 32.2. The van der Waals surface area contributed by atoms with E-state index in [1.54, 1.807) is 7.11 Å². The van der Waals surface area contributed by atoms with Gasteiger partial charge in [0.25, 0.3) is 0 Å². The number of anilines is 1. The van der Waals surface area contributed by atoms with E-state index in [9.17, 15) is 14.7 Å². The fraction of sp³-hybridized carbons (Fsp3) is 0.333. The summed E-state index contributed by atoms with van der Waals surface area (Å²) in [4.78, 5) is 22.2. The number of thioether (sulfide) groups is 1. The molecule has 7 heteroatoms. The highest BCUT2D eigenvalue weighted by molar-refractivity contribution is 7.99. The van der Waals surface area contributed by atoms with Gasteiger partial charge in [-0.3, -0.25) is 4.79 Å². The fourth-order valence-electron chi connectivity index (χ4n) is 1.26. The van der Waals surface area contributed by atoms with Gasteiger partial charge in [0.2, 0.25) is 5.91 Å². The van der Waals surface area contributed by atoms with Gasteiger partial charge in [0.05, 0.1) is 23.6 Å². The topological polar surface area (TPSA) is 95.9 Å². The van der Waals surface area contributed by atoms with Gasteiger partial charge >= 0.3 is 5.97 Å². The number of carbonyl (C=O) groups is 2. The molecule has 6 nitrogen and oxygen atoms in total. The van der Waals surface area contributed by atoms with Gasteiger partial charge in [-0.25, -0.2) is 4.79 Å². The van der Waals surface area contributed by atoms with Gasteiger partial charge in [-0.15, -0.1) is 11.8 Å². The van der Waals surface area contributed by atoms with Crippen LogP contribution in [0.5, 0.6) is 5.75 Å². The van der Waals surface area contributed by atoms with Crippen LogP contribution in [0.3, 0.4) is 0 Å². The molecule has 0 bridgehead atoms. The largest absolute Gasteiger partial charge is 0.506 e. The van der Waals surface area contributed by atoms with Crippen LogP contribution >= 0.6 is 11.8 Å². The normalized spacial score (nSPS) is 10.2. The number of phenols is 1. The number of rotatable bonds is 7. The van der Waals surface area contributed by atoms with Crippen LogP contribution in [-0.4, -0.2) is 47.3 Å². The Labute approximate surface area is 114 Å². The van der Waals surface area contributed by atoms with Crippen molar-refractivity contribution in [3.8, 4) is 5.75 Å². The lowest BCUT2D eigenvalue weighted by Gasteiger charge is -2.07. The van der Waals surface area contributed by atoms with Crippen molar-refractivity contribution in [2.75, 3.05) is 30.5 Å². The van der Waals surface area contributed by atoms with Crippen LogP contribution < -0.4 is 5.32 Å². The molecule has 0 fully saturated rings. The second-order valence-corrected chi connectivity index (χ2v) is 4.74. The molecular weight excluding hydrogens is 270 g/mol. The maximum Gasteiger partial charge on any atom is 0.335 e. The Morgan fingerprint density at radius 1 is 1.42 bits per heavy atom. The van der Waals surface area contributed by atoms with Crippen molar-refractivity contribution < 1.29 is 24.5 Å². The summed E-state index contributed by atoms with van der Waals surface area (Å²) in [7, 11) is 1.59. The molecule has 0 heterocycles. The van der Waals surface area contributed by atoms with Gasteiger partial charge in [0.15, 0.2) is 0 Å². The molecule has 0 aliphatic carbocycles. The van der Waals surface area contributed by atoms with Crippen LogP contribution in [0, 0.1) is 0 Å². The summed E-state index contributed by atoms with van der Waals surface area (Å²) in [6.07, 6.45) is 0. The summed E-state index contributed by atoms with van der Waals surface area (Å²) < 4.78 is 4.85. The van der Waals surface area contributed by atoms with E-state index >= 15 is 0 Å². The molecule has 0 saturated carbocycles. The number of aromatic hydroxyl groups is 1. The Kier molecular flexibility index (Phi) is 6.17. The maximum absolute atomic E-state index is 11.5. The number of carboxylic acids is 1. The number of methoxy groups -OCH3 is 1. The molecule has 0 radical (unpaired) electrons. The molecule has 1 aromatic carbocycles. The zero-order chi connectivity index (χ0) is 14.3. The number of nitrogens with one attached hydrogen (secondary N) is 1. The highest BCUT2D eigenvalue weighted by Gasteiger charge is 2.10. The number of carboxylic acid groups (broad SMARTS) is 1. The molecule has 0 spiro atoms. The van der Waals surface area contributed by atoms with Crippen LogP contribution in [0.4, 0.5) is 5.69 Å². The summed E-state index contributed by atoms with van der Waals surface area (Å²) in [6, 6.07) is 3.77. The second kappa shape index (κ2) is 7.65. The summed E-state index contributed by atoms with van der Waals surface area (Å²) in [5, 5.41) is 20.8. The molecule has 1 amide bonds. The van der Waals surface area contributed by atoms with Crippen molar-refractivity contribution in [3.05, 3.63) is 23.8 Å². The Hall–Kier alpha value is -1.73. The lowest BCUT2D eigenvalue weighted by atomic mass is 10.2. The molecule has 1 aromatic rings. The van der Waals surface area contributed by atoms with Crippen molar-refractivity contribution >= 4 is 29.3 Å². The molecule has 0 aliphatic heterocycles. The Morgan fingerprint density at radius 2 is 2.16 bits per heavy atom. The SMILES string of the molecule is COCCSCC(=O)Nc1ccc(C(=O)O)cc1O. The third-order valence-electron chi connectivity index (χ3n) is 2.18. The number of carbonyl (C=O) groups excluding carboxylic acids is 1. The lowest BCUT2D eigenvalue weighted by Crippen LogP contribution is -2.15. The summed E-state index contributed by atoms with van der Waals surface area (Å²) in [6.45, 7) is 0.566. The first-order chi connectivity index (χ1) is 9.04. The summed E-state index contributed by atoms with van der Waals surface area (Å²) in [5.74, 6) is -0.727. The van der Waals surface area contributed by atoms with Gasteiger partial charge in [0.1, 0.15) is 5.75 Å². The smallest absolute Gasteiger partial charge is 0.335 e. The van der Waals surface area contributed by atoms with E-state index in [1.807, 2.05) is 0 Å². The number of aromatic carboxylic acids is 1. The first kappa shape index (κ1) is 15.3. The zero-order valence-corrected chi connectivity index (χ0v) is 11.2. The van der Waals surface area contributed by atoms with E-state index in [0.717, 1.165) is 6.07 Å². The van der Waals surface area contributed by atoms with Crippen molar-refractivity contribution in [1.82, 2.24) is 0 Å². The Balaban J connectivity index is 2.52. The van der Waals surface area contributed by atoms with Gasteiger partial charge in [0, 0.05) is 12.9 Å². The monoisotopic (exact) mass is 285 g/mol. The molecule has 0 saturated heterocycles. The van der Waals surface area contributed by atoms with E-state index in [0.29, 0.717) is 12.4 Å². The van der Waals surface area contributed by atoms with Crippen LogP contribution in [0.15, 0.2) is 18.2 Å². The van der Waals surface area contributed by atoms with Crippen molar-refractivity contribution in [3.63, 3.8) is 0 Å². The quantitative estimate of drug-likeness (QED) is 0.518. The van der Waals surface area contributed by atoms with Crippen molar-refractivity contribution in [2.45, 2.75) is 0 Å². The number of phenolic OH excluding ortho intramolecular Hbond substituents is 1. The number of benzene rings is 1. The predicted octanol–water partition coefficient (Wildman–Crippen LogP) is 1.41. The third kappa shape index (κ3) is 5.19. The van der Waals surface area contributed by atoms with E-state index in [2.05, 4.69) is 5.32 Å². The lowest BCUT2D eigenvalue weighted by molar-refractivity contribution is -0.113. The third-order valence-corrected chi connectivity index (χ3v) is 3.11. The summed E-state index contributed by atoms with van der Waals surface area (Å²) in [5.41, 5.74) is 0.160. The molecule has 3 N–H and O–H groups in total. The van der Waals surface area contributed by atoms with E-state index in [4.69, 9.17) is 9.84 Å². The Morgan fingerprint density at radius 3 is 2.74 bits per heavy atom. The first-order valence-corrected chi connectivity index (χ1v) is 6.63. The van der Waals surface area contributed by atoms with Crippen LogP contribution in [0.1, 0.15) is 10.4 Å². The standard InChI is InChI=1S/C12H15NO5S/c1-18-4-5-19-7-11(15)13-9-3-2-8(12(16)17)6-10(9)14/h2-3,6,14H,4-5,7H2,1H3,(H,13,15)(H,16,17). The molecule has 0 aromatic heterocycles. The van der Waals surface area contributed by atoms with Crippen LogP contribution in [0.2, 0.25) is 0 Å². The number of amides is 1. The molecule has 0 unspecified atom stereocenters. The fourth-order valence-corrected chi connectivity index (χ4v) is 1.95. The maximum atomic E-state index is 11.5. The molecule has 0 aliphatic rings. The average Bonchev–Trinajstić information content (AvgIpc) is 2.37. The minimum atomic E-state index is -1.14. The molecule has 104 valence electrons. The van der Waals surface area contributed by atoms with Gasteiger partial charge in [-0.2, -0.15) is 0 Å². The van der Waals surface area contributed by atoms with E-state index < -0.39 is 5.97 Å². The van der Waals surface area contributed by atoms with Gasteiger partial charge < -0.3 is 20.3 Å². The summed E-state index contributed by atoms with van der Waals surface area (Å²) >= 11 is 1.41. The second-order valence-electron chi connectivity index (χ2n) is 3.63. The number of ether oxygens (including phenoxy) is 1. The van der Waals surface area contributed by atoms with Crippen molar-refractivity contribution in [2.24, 2.45) is 0 Å². The van der Waals surface area contributed by atoms with Crippen molar-refractivity contribution in [1.29, 1.82) is 0 Å². The van der Waals surface area contributed by atoms with E-state index in [1.165, 1.54) is 23.9 Å². The molecule has 0 atom stereocenters. The Bertz CT molecular complexity index is 463. The molecule has 19 heavy (non-hydrogen) atoms. The first-order valence-electron chi connectivity index (χ1n) is 5.47. The number of hydrogen-bond acceptors (Lipinski definition) is 5. The minimum Gasteiger partial charge on any atom is -0.506 e. The highest BCUT2D eigenvalue weighted by Crippen LogP contribution is 2.24. The van der Waals surface area contributed by atoms with Gasteiger partial charge in [-0.1, -0.05) is 0 Å². The van der Waals surface area contributed by atoms with Crippen LogP contribution in [-0.2, 0) is 9.53 Å². The van der Waals surface area contributed by atoms with Gasteiger partial charge in [-0.05, 0) is 18.2 Å². The zero-order valence-electron chi connectivity index (χ0n) is 10.4. The van der Waals surface area contributed by atoms with Crippen LogP contribution in [0.25, 0.3) is 0 Å². The predicted molar refractivity (Wildman–Crippen MR) is 72.9 cm³/mol. The minimum absolute atomic E-state index is 0.0371. The number of hydrogen-bond donors (Lipinski definition) is 3. The van der Waals surface area contributed by atoms with E-state index in [-0.39, 0.29) is 28.7 Å². The molecule has 1 rings (SSSR count). The molecular formula is C12H15NO5S.